The Bertz CT molecular complexity index is 747. The van der Waals surface area contributed by atoms with E-state index in [1.165, 1.54) is 17.8 Å². The Balaban J connectivity index is 0.000000948. The lowest BCUT2D eigenvalue weighted by molar-refractivity contribution is 0.0846. The van der Waals surface area contributed by atoms with Gasteiger partial charge in [-0.25, -0.2) is 4.98 Å². The quantitative estimate of drug-likeness (QED) is 0.557. The van der Waals surface area contributed by atoms with Gasteiger partial charge in [0.15, 0.2) is 5.13 Å². The van der Waals surface area contributed by atoms with Gasteiger partial charge in [0.2, 0.25) is 5.78 Å². The number of ketones is 1. The molecule has 0 N–H and O–H groups in total. The highest BCUT2D eigenvalue weighted by Gasteiger charge is 2.34. The largest absolute Gasteiger partial charge is 0.376 e. The average molecular weight is 391 g/mol. The van der Waals surface area contributed by atoms with Crippen molar-refractivity contribution >= 4 is 34.0 Å². The Labute approximate surface area is 164 Å². The molecule has 2 fully saturated rings. The van der Waals surface area contributed by atoms with Crippen LogP contribution in [0.25, 0.3) is 0 Å². The Hall–Kier alpha value is -1.37. The highest BCUT2D eigenvalue weighted by molar-refractivity contribution is 7.98. The first-order valence-corrected chi connectivity index (χ1v) is 11.3. The molecule has 140 valence electrons. The number of thioether (sulfide) groups is 1. The lowest BCUT2D eigenvalue weighted by atomic mass is 9.94. The minimum absolute atomic E-state index is 0.0571. The van der Waals surface area contributed by atoms with E-state index in [1.807, 2.05) is 44.4 Å². The zero-order valence-electron chi connectivity index (χ0n) is 15.6. The number of hydrogen-bond acceptors (Lipinski definition) is 6. The number of thiazole rings is 1. The fourth-order valence-electron chi connectivity index (χ4n) is 3.45. The molecule has 4 nitrogen and oxygen atoms in total. The van der Waals surface area contributed by atoms with E-state index < -0.39 is 0 Å². The van der Waals surface area contributed by atoms with Crippen LogP contribution >= 0.6 is 23.1 Å². The lowest BCUT2D eigenvalue weighted by Gasteiger charge is -2.33. The topological polar surface area (TPSA) is 42.4 Å². The summed E-state index contributed by atoms with van der Waals surface area (Å²) in [4.78, 5) is 21.3. The van der Waals surface area contributed by atoms with Crippen LogP contribution in [0.5, 0.6) is 0 Å². The van der Waals surface area contributed by atoms with Gasteiger partial charge >= 0.3 is 0 Å². The number of rotatable bonds is 4. The number of fused-ring (bicyclic) bond motifs is 1. The monoisotopic (exact) mass is 390 g/mol. The van der Waals surface area contributed by atoms with Gasteiger partial charge in [-0.15, -0.1) is 11.8 Å². The van der Waals surface area contributed by atoms with E-state index >= 15 is 0 Å². The van der Waals surface area contributed by atoms with Gasteiger partial charge in [-0.1, -0.05) is 37.3 Å². The number of aromatic nitrogens is 1. The van der Waals surface area contributed by atoms with Crippen LogP contribution < -0.4 is 4.90 Å². The average Bonchev–Trinajstić information content (AvgIpc) is 3.38. The van der Waals surface area contributed by atoms with Crippen molar-refractivity contribution in [2.45, 2.75) is 37.7 Å². The molecule has 0 amide bonds. The Morgan fingerprint density at radius 1 is 1.35 bits per heavy atom. The van der Waals surface area contributed by atoms with E-state index in [1.54, 1.807) is 18.0 Å². The maximum Gasteiger partial charge on any atom is 0.204 e. The number of ether oxygens (including phenoxy) is 1. The summed E-state index contributed by atoms with van der Waals surface area (Å²) in [6.45, 7) is 6.79. The third-order valence-electron chi connectivity index (χ3n) is 4.84. The third kappa shape index (κ3) is 4.13. The second-order valence-corrected chi connectivity index (χ2v) is 8.15. The van der Waals surface area contributed by atoms with E-state index in [0.717, 1.165) is 41.7 Å². The van der Waals surface area contributed by atoms with Crippen molar-refractivity contribution in [2.75, 3.05) is 30.9 Å². The van der Waals surface area contributed by atoms with E-state index in [2.05, 4.69) is 9.88 Å². The summed E-state index contributed by atoms with van der Waals surface area (Å²) in [6, 6.07) is 7.78. The van der Waals surface area contributed by atoms with Gasteiger partial charge in [-0.05, 0) is 37.1 Å². The molecule has 1 aromatic heterocycles. The molecule has 2 aromatic rings. The molecule has 2 atom stereocenters. The molecule has 2 unspecified atom stereocenters. The molecule has 6 heteroatoms. The van der Waals surface area contributed by atoms with Crippen molar-refractivity contribution in [3.8, 4) is 0 Å². The lowest BCUT2D eigenvalue weighted by Crippen LogP contribution is -2.42. The minimum atomic E-state index is 0.0571. The van der Waals surface area contributed by atoms with Gasteiger partial charge in [0.1, 0.15) is 0 Å². The smallest absolute Gasteiger partial charge is 0.204 e. The Morgan fingerprint density at radius 3 is 3.00 bits per heavy atom. The van der Waals surface area contributed by atoms with Crippen molar-refractivity contribution < 1.29 is 9.53 Å². The van der Waals surface area contributed by atoms with Crippen molar-refractivity contribution in [3.63, 3.8) is 0 Å². The maximum absolute atomic E-state index is 12.7. The first kappa shape index (κ1) is 19.4. The van der Waals surface area contributed by atoms with Crippen molar-refractivity contribution in [2.24, 2.45) is 5.92 Å². The van der Waals surface area contributed by atoms with Crippen LogP contribution in [0.1, 0.15) is 41.9 Å². The van der Waals surface area contributed by atoms with Crippen LogP contribution in [0.4, 0.5) is 5.13 Å². The second kappa shape index (κ2) is 9.02. The van der Waals surface area contributed by atoms with Crippen molar-refractivity contribution in [1.82, 2.24) is 4.98 Å². The summed E-state index contributed by atoms with van der Waals surface area (Å²) in [5.41, 5.74) is 0.731. The standard InChI is InChI=1S/C18H20N2O2S2.C2H6/c1-23-14-4-2-3-13(9-14)17(21)16-10-19-18(24-16)20-7-5-12-6-8-22-15(12)11-20;1-2/h2-4,9-10,12,15H,5-8,11H2,1H3;1-2H3. The predicted octanol–water partition coefficient (Wildman–Crippen LogP) is 4.74. The van der Waals surface area contributed by atoms with Crippen LogP contribution in [0.2, 0.25) is 0 Å². The normalized spacial score (nSPS) is 21.7. The molecule has 0 aliphatic carbocycles. The van der Waals surface area contributed by atoms with Gasteiger partial charge in [0.25, 0.3) is 0 Å². The zero-order chi connectivity index (χ0) is 18.5. The first-order chi connectivity index (χ1) is 12.7. The van der Waals surface area contributed by atoms with Gasteiger partial charge in [0.05, 0.1) is 17.2 Å². The fourth-order valence-corrected chi connectivity index (χ4v) is 4.82. The summed E-state index contributed by atoms with van der Waals surface area (Å²) < 4.78 is 5.82. The number of anilines is 1. The fraction of sp³-hybridized carbons (Fsp3) is 0.500. The number of piperidine rings is 1. The van der Waals surface area contributed by atoms with E-state index in [4.69, 9.17) is 4.74 Å². The summed E-state index contributed by atoms with van der Waals surface area (Å²) >= 11 is 3.14. The van der Waals surface area contributed by atoms with Crippen LogP contribution in [0, 0.1) is 5.92 Å². The molecule has 26 heavy (non-hydrogen) atoms. The summed E-state index contributed by atoms with van der Waals surface area (Å²) in [5.74, 6) is 0.762. The highest BCUT2D eigenvalue weighted by Crippen LogP contribution is 2.33. The van der Waals surface area contributed by atoms with Gasteiger partial charge < -0.3 is 9.64 Å². The van der Waals surface area contributed by atoms with Crippen LogP contribution in [-0.4, -0.2) is 42.8 Å². The molecule has 2 aliphatic rings. The van der Waals surface area contributed by atoms with E-state index in [0.29, 0.717) is 16.9 Å². The third-order valence-corrected chi connectivity index (χ3v) is 6.62. The van der Waals surface area contributed by atoms with Crippen molar-refractivity contribution in [1.29, 1.82) is 0 Å². The van der Waals surface area contributed by atoms with Crippen molar-refractivity contribution in [3.05, 3.63) is 40.9 Å². The molecule has 2 aliphatic heterocycles. The molecule has 0 bridgehead atoms. The molecule has 0 spiro atoms. The van der Waals surface area contributed by atoms with E-state index in [9.17, 15) is 4.79 Å². The van der Waals surface area contributed by atoms with Gasteiger partial charge in [-0.3, -0.25) is 4.79 Å². The molecule has 3 heterocycles. The molecular weight excluding hydrogens is 364 g/mol. The van der Waals surface area contributed by atoms with Crippen LogP contribution in [0.15, 0.2) is 35.4 Å². The molecule has 4 rings (SSSR count). The molecule has 1 aromatic carbocycles. The summed E-state index contributed by atoms with van der Waals surface area (Å²) in [7, 11) is 0. The summed E-state index contributed by atoms with van der Waals surface area (Å²) in [6.07, 6.45) is 6.41. The number of benzene rings is 1. The zero-order valence-corrected chi connectivity index (χ0v) is 17.2. The predicted molar refractivity (Wildman–Crippen MR) is 110 cm³/mol. The summed E-state index contributed by atoms with van der Waals surface area (Å²) in [5, 5.41) is 0.938. The first-order valence-electron chi connectivity index (χ1n) is 9.26. The highest BCUT2D eigenvalue weighted by atomic mass is 32.2. The number of nitrogens with zero attached hydrogens (tertiary/aromatic N) is 2. The second-order valence-electron chi connectivity index (χ2n) is 6.26. The maximum atomic E-state index is 12.7. The number of hydrogen-bond donors (Lipinski definition) is 0. The minimum Gasteiger partial charge on any atom is -0.376 e. The molecular formula is C20H26N2O2S2. The number of carbonyl (C=O) groups is 1. The van der Waals surface area contributed by atoms with Crippen LogP contribution in [0.3, 0.4) is 0 Å². The van der Waals surface area contributed by atoms with Gasteiger partial charge in [0, 0.05) is 30.2 Å². The molecule has 0 radical (unpaired) electrons. The van der Waals surface area contributed by atoms with Gasteiger partial charge in [-0.2, -0.15) is 0 Å². The number of carbonyl (C=O) groups excluding carboxylic acids is 1. The Kier molecular flexibility index (Phi) is 6.73. The molecule has 2 saturated heterocycles. The van der Waals surface area contributed by atoms with Crippen LogP contribution in [-0.2, 0) is 4.74 Å². The Morgan fingerprint density at radius 2 is 2.19 bits per heavy atom. The molecule has 0 saturated carbocycles. The van der Waals surface area contributed by atoms with E-state index in [-0.39, 0.29) is 5.78 Å². The SMILES string of the molecule is CC.CSc1cccc(C(=O)c2cnc(N3CCC4CCOC4C3)s2)c1.